The molecule has 0 saturated heterocycles. The highest BCUT2D eigenvalue weighted by Crippen LogP contribution is 2.47. The molecule has 0 saturated carbocycles. The minimum absolute atomic E-state index is 0.306. The second-order valence-corrected chi connectivity index (χ2v) is 6.17. The molecule has 134 valence electrons. The Morgan fingerprint density at radius 3 is 2.20 bits per heavy atom. The van der Waals surface area contributed by atoms with Gasteiger partial charge >= 0.3 is 5.97 Å². The van der Waals surface area contributed by atoms with Crippen molar-refractivity contribution < 1.29 is 23.7 Å². The maximum Gasteiger partial charge on any atom is 0.324 e. The summed E-state index contributed by atoms with van der Waals surface area (Å²) in [6.07, 6.45) is 0. The first-order valence-electron chi connectivity index (χ1n) is 7.83. The van der Waals surface area contributed by atoms with E-state index < -0.39 is 5.25 Å². The maximum absolute atomic E-state index is 12.6. The molecule has 6 heteroatoms. The molecule has 5 nitrogen and oxygen atoms in total. The van der Waals surface area contributed by atoms with Gasteiger partial charge in [0.15, 0.2) is 11.5 Å². The smallest absolute Gasteiger partial charge is 0.324 e. The third-order valence-corrected chi connectivity index (χ3v) is 4.74. The van der Waals surface area contributed by atoms with E-state index in [0.29, 0.717) is 29.4 Å². The number of hydrogen-bond donors (Lipinski definition) is 0. The highest BCUT2D eigenvalue weighted by molar-refractivity contribution is 8.00. The topological polar surface area (TPSA) is 54.0 Å². The Morgan fingerprint density at radius 1 is 0.960 bits per heavy atom. The molecule has 0 aliphatic carbocycles. The lowest BCUT2D eigenvalue weighted by atomic mass is 10.1. The maximum atomic E-state index is 12.6. The monoisotopic (exact) mass is 362 g/mol. The van der Waals surface area contributed by atoms with Gasteiger partial charge in [-0.2, -0.15) is 0 Å². The third-order valence-electron chi connectivity index (χ3n) is 3.51. The van der Waals surface area contributed by atoms with E-state index >= 15 is 0 Å². The van der Waals surface area contributed by atoms with E-state index in [1.807, 2.05) is 30.3 Å². The predicted molar refractivity (Wildman–Crippen MR) is 97.8 cm³/mol. The second kappa shape index (κ2) is 9.22. The van der Waals surface area contributed by atoms with Crippen LogP contribution in [0, 0.1) is 0 Å². The van der Waals surface area contributed by atoms with Crippen LogP contribution >= 0.6 is 11.8 Å². The molecule has 0 heterocycles. The largest absolute Gasteiger partial charge is 0.493 e. The Morgan fingerprint density at radius 2 is 1.64 bits per heavy atom. The van der Waals surface area contributed by atoms with Crippen molar-refractivity contribution in [3.8, 4) is 17.2 Å². The summed E-state index contributed by atoms with van der Waals surface area (Å²) in [6, 6.07) is 13.2. The number of carbonyl (C=O) groups is 1. The van der Waals surface area contributed by atoms with Gasteiger partial charge in [0.1, 0.15) is 5.25 Å². The van der Waals surface area contributed by atoms with Crippen molar-refractivity contribution in [2.45, 2.75) is 17.1 Å². The van der Waals surface area contributed by atoms with Gasteiger partial charge in [-0.15, -0.1) is 11.8 Å². The van der Waals surface area contributed by atoms with Crippen LogP contribution in [-0.4, -0.2) is 33.9 Å². The van der Waals surface area contributed by atoms with Crippen LogP contribution in [-0.2, 0) is 9.53 Å². The molecule has 2 aromatic rings. The number of benzene rings is 2. The first-order chi connectivity index (χ1) is 12.2. The lowest BCUT2D eigenvalue weighted by Crippen LogP contribution is -2.14. The summed E-state index contributed by atoms with van der Waals surface area (Å²) >= 11 is 1.40. The molecule has 2 rings (SSSR count). The zero-order chi connectivity index (χ0) is 18.2. The van der Waals surface area contributed by atoms with Crippen LogP contribution in [0.15, 0.2) is 47.4 Å². The first-order valence-corrected chi connectivity index (χ1v) is 8.71. The summed E-state index contributed by atoms with van der Waals surface area (Å²) in [4.78, 5) is 13.6. The molecule has 0 fully saturated rings. The average molecular weight is 362 g/mol. The van der Waals surface area contributed by atoms with Gasteiger partial charge in [0, 0.05) is 10.5 Å². The molecular formula is C19H22O5S. The minimum atomic E-state index is -0.586. The summed E-state index contributed by atoms with van der Waals surface area (Å²) in [5.74, 6) is 1.12. The Labute approximate surface area is 152 Å². The van der Waals surface area contributed by atoms with Gasteiger partial charge in [-0.1, -0.05) is 18.2 Å². The van der Waals surface area contributed by atoms with Crippen molar-refractivity contribution in [3.63, 3.8) is 0 Å². The van der Waals surface area contributed by atoms with E-state index in [-0.39, 0.29) is 5.97 Å². The van der Waals surface area contributed by atoms with Crippen molar-refractivity contribution in [3.05, 3.63) is 48.0 Å². The van der Waals surface area contributed by atoms with Crippen LogP contribution in [0.5, 0.6) is 17.2 Å². The Bertz CT molecular complexity index is 702. The van der Waals surface area contributed by atoms with Gasteiger partial charge in [-0.3, -0.25) is 4.79 Å². The first kappa shape index (κ1) is 19.0. The lowest BCUT2D eigenvalue weighted by molar-refractivity contribution is -0.142. The summed E-state index contributed by atoms with van der Waals surface area (Å²) in [7, 11) is 4.63. The number of rotatable bonds is 8. The van der Waals surface area contributed by atoms with Crippen molar-refractivity contribution >= 4 is 17.7 Å². The van der Waals surface area contributed by atoms with Crippen molar-refractivity contribution in [1.82, 2.24) is 0 Å². The van der Waals surface area contributed by atoms with Crippen molar-refractivity contribution in [1.29, 1.82) is 0 Å². The molecule has 0 radical (unpaired) electrons. The summed E-state index contributed by atoms with van der Waals surface area (Å²) < 4.78 is 21.5. The molecule has 0 bridgehead atoms. The number of methoxy groups -OCH3 is 3. The van der Waals surface area contributed by atoms with Gasteiger partial charge in [0.2, 0.25) is 5.75 Å². The van der Waals surface area contributed by atoms with E-state index in [2.05, 4.69) is 0 Å². The highest BCUT2D eigenvalue weighted by atomic mass is 32.2. The van der Waals surface area contributed by atoms with Crippen LogP contribution in [0.25, 0.3) is 0 Å². The Balaban J connectivity index is 2.51. The number of ether oxygens (including phenoxy) is 4. The second-order valence-electron chi connectivity index (χ2n) is 4.99. The van der Waals surface area contributed by atoms with Crippen LogP contribution in [0.2, 0.25) is 0 Å². The van der Waals surface area contributed by atoms with E-state index in [9.17, 15) is 4.79 Å². The summed E-state index contributed by atoms with van der Waals surface area (Å²) in [5, 5.41) is -0.586. The van der Waals surface area contributed by atoms with E-state index in [4.69, 9.17) is 18.9 Å². The fourth-order valence-electron chi connectivity index (χ4n) is 2.42. The third kappa shape index (κ3) is 4.39. The Kier molecular flexibility index (Phi) is 7.01. The van der Waals surface area contributed by atoms with Crippen LogP contribution in [0.4, 0.5) is 0 Å². The molecule has 2 aromatic carbocycles. The average Bonchev–Trinajstić information content (AvgIpc) is 2.65. The zero-order valence-electron chi connectivity index (χ0n) is 14.8. The molecular weight excluding hydrogens is 340 g/mol. The van der Waals surface area contributed by atoms with E-state index in [1.165, 1.54) is 26.0 Å². The molecule has 1 unspecified atom stereocenters. The number of carbonyl (C=O) groups excluding carboxylic acids is 1. The molecule has 0 aromatic heterocycles. The molecule has 0 amide bonds. The summed E-state index contributed by atoms with van der Waals surface area (Å²) in [6.45, 7) is 2.09. The molecule has 0 N–H and O–H groups in total. The minimum Gasteiger partial charge on any atom is -0.493 e. The number of esters is 1. The van der Waals surface area contributed by atoms with Gasteiger partial charge in [0.05, 0.1) is 27.9 Å². The zero-order valence-corrected chi connectivity index (χ0v) is 15.6. The molecule has 25 heavy (non-hydrogen) atoms. The van der Waals surface area contributed by atoms with E-state index in [0.717, 1.165) is 4.90 Å². The van der Waals surface area contributed by atoms with Crippen molar-refractivity contribution in [2.24, 2.45) is 0 Å². The standard InChI is InChI=1S/C19H22O5S/c1-5-24-19(20)18(25-13-9-7-6-8-10-13)14-11-12-15(21-2)17(23-4)16(14)22-3/h6-12,18H,5H2,1-4H3. The van der Waals surface area contributed by atoms with Crippen LogP contribution in [0.3, 0.4) is 0 Å². The van der Waals surface area contributed by atoms with Gasteiger partial charge in [-0.25, -0.2) is 0 Å². The highest BCUT2D eigenvalue weighted by Gasteiger charge is 2.29. The summed E-state index contributed by atoms with van der Waals surface area (Å²) in [5.41, 5.74) is 0.674. The van der Waals surface area contributed by atoms with Crippen LogP contribution in [0.1, 0.15) is 17.7 Å². The van der Waals surface area contributed by atoms with Crippen LogP contribution < -0.4 is 14.2 Å². The molecule has 0 aliphatic heterocycles. The molecule has 0 aliphatic rings. The fraction of sp³-hybridized carbons (Fsp3) is 0.316. The SMILES string of the molecule is CCOC(=O)C(Sc1ccccc1)c1ccc(OC)c(OC)c1OC. The molecule has 1 atom stereocenters. The van der Waals surface area contributed by atoms with Crippen molar-refractivity contribution in [2.75, 3.05) is 27.9 Å². The number of hydrogen-bond acceptors (Lipinski definition) is 6. The predicted octanol–water partition coefficient (Wildman–Crippen LogP) is 4.11. The van der Waals surface area contributed by atoms with Gasteiger partial charge in [-0.05, 0) is 31.2 Å². The molecule has 0 spiro atoms. The van der Waals surface area contributed by atoms with E-state index in [1.54, 1.807) is 26.2 Å². The Hall–Kier alpha value is -2.34. The van der Waals surface area contributed by atoms with Gasteiger partial charge in [0.25, 0.3) is 0 Å². The quantitative estimate of drug-likeness (QED) is 0.520. The number of thioether (sulfide) groups is 1. The lowest BCUT2D eigenvalue weighted by Gasteiger charge is -2.21. The normalized spacial score (nSPS) is 11.5. The van der Waals surface area contributed by atoms with Gasteiger partial charge < -0.3 is 18.9 Å². The fourth-order valence-corrected chi connectivity index (χ4v) is 3.49.